The van der Waals surface area contributed by atoms with Crippen molar-refractivity contribution in [1.29, 1.82) is 0 Å². The molecule has 1 N–H and O–H groups in total. The number of benzene rings is 2. The van der Waals surface area contributed by atoms with Crippen LogP contribution in [-0.4, -0.2) is 17.1 Å². The number of ether oxygens (including phenoxy) is 2. The highest BCUT2D eigenvalue weighted by Crippen LogP contribution is 2.32. The number of hydrogen-bond donors (Lipinski definition) is 1. The van der Waals surface area contributed by atoms with Crippen LogP contribution in [0.3, 0.4) is 0 Å². The summed E-state index contributed by atoms with van der Waals surface area (Å²) in [7, 11) is 1.63. The average molecular weight is 343 g/mol. The maximum atomic E-state index is 6.04. The molecule has 0 spiro atoms. The molecular weight excluding hydrogens is 324 g/mol. The lowest BCUT2D eigenvalue weighted by Crippen LogP contribution is -2.06. The molecule has 0 saturated carbocycles. The van der Waals surface area contributed by atoms with Crippen molar-refractivity contribution in [2.75, 3.05) is 7.11 Å². The van der Waals surface area contributed by atoms with Gasteiger partial charge in [-0.2, -0.15) is 0 Å². The van der Waals surface area contributed by atoms with Gasteiger partial charge in [0.25, 0.3) is 0 Å². The van der Waals surface area contributed by atoms with E-state index in [2.05, 4.69) is 16.5 Å². The van der Waals surface area contributed by atoms with Gasteiger partial charge in [-0.05, 0) is 49.2 Å². The van der Waals surface area contributed by atoms with Crippen LogP contribution in [-0.2, 0) is 6.42 Å². The summed E-state index contributed by atoms with van der Waals surface area (Å²) in [5.74, 6) is 2.11. The van der Waals surface area contributed by atoms with Gasteiger partial charge in [0.1, 0.15) is 5.82 Å². The van der Waals surface area contributed by atoms with Gasteiger partial charge in [-0.25, -0.2) is 4.98 Å². The summed E-state index contributed by atoms with van der Waals surface area (Å²) in [5.41, 5.74) is 2.87. The Morgan fingerprint density at radius 2 is 2.08 bits per heavy atom. The molecule has 1 aromatic heterocycles. The number of nitrogens with zero attached hydrogens (tertiary/aromatic N) is 1. The number of aromatic amines is 1. The van der Waals surface area contributed by atoms with E-state index in [1.165, 1.54) is 0 Å². The summed E-state index contributed by atoms with van der Waals surface area (Å²) in [4.78, 5) is 7.81. The zero-order valence-electron chi connectivity index (χ0n) is 13.7. The van der Waals surface area contributed by atoms with E-state index >= 15 is 0 Å². The third-order valence-corrected chi connectivity index (χ3v) is 3.99. The number of rotatable bonds is 6. The molecule has 124 valence electrons. The molecule has 24 heavy (non-hydrogen) atoms. The molecule has 3 rings (SSSR count). The molecule has 0 saturated heterocycles. The zero-order chi connectivity index (χ0) is 17.1. The Morgan fingerprint density at radius 3 is 2.83 bits per heavy atom. The lowest BCUT2D eigenvalue weighted by Gasteiger charge is -2.16. The largest absolute Gasteiger partial charge is 0.493 e. The van der Waals surface area contributed by atoms with E-state index in [0.29, 0.717) is 16.5 Å². The Bertz CT molecular complexity index is 873. The van der Waals surface area contributed by atoms with Crippen molar-refractivity contribution in [2.24, 2.45) is 0 Å². The molecule has 0 unspecified atom stereocenters. The standard InChI is InChI=1S/C19H19ClN2O2/c1-4-5-13-6-9-17(18(10-13)23-3)24-12(2)19-21-15-8-7-14(20)11-16(15)22-19/h4,6-12H,1,5H2,2-3H3,(H,21,22)/t12-/m0/s1. The molecule has 0 aliphatic carbocycles. The van der Waals surface area contributed by atoms with Crippen molar-refractivity contribution in [3.05, 3.63) is 65.5 Å². The SMILES string of the molecule is C=CCc1ccc(O[C@@H](C)c2nc3ccc(Cl)cc3[nH]2)c(OC)c1. The number of nitrogens with one attached hydrogen (secondary N) is 1. The van der Waals surface area contributed by atoms with Crippen molar-refractivity contribution in [3.63, 3.8) is 0 Å². The van der Waals surface area contributed by atoms with Gasteiger partial charge in [0.2, 0.25) is 0 Å². The molecule has 0 fully saturated rings. The molecule has 0 aliphatic heterocycles. The van der Waals surface area contributed by atoms with Gasteiger partial charge in [0.15, 0.2) is 17.6 Å². The lowest BCUT2D eigenvalue weighted by molar-refractivity contribution is 0.208. The smallest absolute Gasteiger partial charge is 0.162 e. The molecule has 3 aromatic rings. The summed E-state index contributed by atoms with van der Waals surface area (Å²) in [5, 5.41) is 0.672. The van der Waals surface area contributed by atoms with Gasteiger partial charge in [0, 0.05) is 5.02 Å². The minimum Gasteiger partial charge on any atom is -0.493 e. The summed E-state index contributed by atoms with van der Waals surface area (Å²) >= 11 is 6.01. The number of allylic oxidation sites excluding steroid dienone is 1. The van der Waals surface area contributed by atoms with Crippen LogP contribution in [0.4, 0.5) is 0 Å². The fraction of sp³-hybridized carbons (Fsp3) is 0.211. The monoisotopic (exact) mass is 342 g/mol. The van der Waals surface area contributed by atoms with Crippen LogP contribution in [0.1, 0.15) is 24.4 Å². The van der Waals surface area contributed by atoms with Crippen molar-refractivity contribution in [1.82, 2.24) is 9.97 Å². The summed E-state index contributed by atoms with van der Waals surface area (Å²) < 4.78 is 11.5. The molecular formula is C19H19ClN2O2. The van der Waals surface area contributed by atoms with Gasteiger partial charge in [0.05, 0.1) is 18.1 Å². The van der Waals surface area contributed by atoms with Gasteiger partial charge < -0.3 is 14.5 Å². The van der Waals surface area contributed by atoms with E-state index in [9.17, 15) is 0 Å². The van der Waals surface area contributed by atoms with E-state index in [1.807, 2.05) is 49.4 Å². The van der Waals surface area contributed by atoms with Crippen LogP contribution in [0.5, 0.6) is 11.5 Å². The summed E-state index contributed by atoms with van der Waals surface area (Å²) in [6.07, 6.45) is 2.39. The van der Waals surface area contributed by atoms with E-state index in [0.717, 1.165) is 28.8 Å². The number of fused-ring (bicyclic) bond motifs is 1. The van der Waals surface area contributed by atoms with Crippen LogP contribution in [0.15, 0.2) is 49.1 Å². The van der Waals surface area contributed by atoms with Crippen LogP contribution in [0.25, 0.3) is 11.0 Å². The highest BCUT2D eigenvalue weighted by Gasteiger charge is 2.15. The molecule has 2 aromatic carbocycles. The first-order valence-electron chi connectivity index (χ1n) is 7.70. The highest BCUT2D eigenvalue weighted by atomic mass is 35.5. The van der Waals surface area contributed by atoms with E-state index < -0.39 is 0 Å². The molecule has 0 bridgehead atoms. The molecule has 1 heterocycles. The summed E-state index contributed by atoms with van der Waals surface area (Å²) in [6, 6.07) is 11.4. The third kappa shape index (κ3) is 3.39. The Balaban J connectivity index is 1.84. The van der Waals surface area contributed by atoms with Crippen LogP contribution >= 0.6 is 11.6 Å². The molecule has 5 heteroatoms. The normalized spacial score (nSPS) is 12.1. The van der Waals surface area contributed by atoms with E-state index in [-0.39, 0.29) is 6.10 Å². The second-order valence-corrected chi connectivity index (χ2v) is 5.96. The van der Waals surface area contributed by atoms with E-state index in [1.54, 1.807) is 7.11 Å². The number of H-pyrrole nitrogens is 1. The number of imidazole rings is 1. The second kappa shape index (κ2) is 6.97. The fourth-order valence-corrected chi connectivity index (χ4v) is 2.72. The minimum absolute atomic E-state index is 0.254. The first-order chi connectivity index (χ1) is 11.6. The number of aromatic nitrogens is 2. The predicted octanol–water partition coefficient (Wildman–Crippen LogP) is 5.09. The topological polar surface area (TPSA) is 47.1 Å². The number of hydrogen-bond acceptors (Lipinski definition) is 3. The minimum atomic E-state index is -0.254. The van der Waals surface area contributed by atoms with Gasteiger partial charge >= 0.3 is 0 Å². The molecule has 1 atom stereocenters. The van der Waals surface area contributed by atoms with Gasteiger partial charge in [-0.15, -0.1) is 6.58 Å². The molecule has 0 aliphatic rings. The predicted molar refractivity (Wildman–Crippen MR) is 97.0 cm³/mol. The first kappa shape index (κ1) is 16.4. The van der Waals surface area contributed by atoms with Gasteiger partial charge in [-0.1, -0.05) is 23.7 Å². The van der Waals surface area contributed by atoms with E-state index in [4.69, 9.17) is 21.1 Å². The maximum absolute atomic E-state index is 6.04. The fourth-order valence-electron chi connectivity index (χ4n) is 2.54. The van der Waals surface area contributed by atoms with Crippen LogP contribution in [0.2, 0.25) is 5.02 Å². The Morgan fingerprint density at radius 1 is 1.25 bits per heavy atom. The molecule has 0 amide bonds. The van der Waals surface area contributed by atoms with Crippen molar-refractivity contribution >= 4 is 22.6 Å². The van der Waals surface area contributed by atoms with Crippen LogP contribution in [0, 0.1) is 0 Å². The zero-order valence-corrected chi connectivity index (χ0v) is 14.4. The number of methoxy groups -OCH3 is 1. The van der Waals surface area contributed by atoms with Crippen molar-refractivity contribution in [2.45, 2.75) is 19.4 Å². The number of halogens is 1. The average Bonchev–Trinajstić information content (AvgIpc) is 2.99. The summed E-state index contributed by atoms with van der Waals surface area (Å²) in [6.45, 7) is 5.70. The van der Waals surface area contributed by atoms with Crippen molar-refractivity contribution in [3.8, 4) is 11.5 Å². The lowest BCUT2D eigenvalue weighted by atomic mass is 10.1. The van der Waals surface area contributed by atoms with Gasteiger partial charge in [-0.3, -0.25) is 0 Å². The highest BCUT2D eigenvalue weighted by molar-refractivity contribution is 6.31. The quantitative estimate of drug-likeness (QED) is 0.634. The third-order valence-electron chi connectivity index (χ3n) is 3.76. The molecule has 0 radical (unpaired) electrons. The maximum Gasteiger partial charge on any atom is 0.162 e. The Hall–Kier alpha value is -2.46. The second-order valence-electron chi connectivity index (χ2n) is 5.52. The van der Waals surface area contributed by atoms with Crippen LogP contribution < -0.4 is 9.47 Å². The first-order valence-corrected chi connectivity index (χ1v) is 8.08. The Labute approximate surface area is 146 Å². The molecule has 4 nitrogen and oxygen atoms in total. The Kier molecular flexibility index (Phi) is 4.76. The van der Waals surface area contributed by atoms with Crippen molar-refractivity contribution < 1.29 is 9.47 Å².